The van der Waals surface area contributed by atoms with Crippen LogP contribution in [0.5, 0.6) is 0 Å². The molecule has 21 nitrogen and oxygen atoms in total. The molecule has 4 saturated heterocycles. The Morgan fingerprint density at radius 1 is 0.643 bits per heavy atom. The summed E-state index contributed by atoms with van der Waals surface area (Å²) in [6.07, 6.45) is 2.39. The van der Waals surface area contributed by atoms with E-state index in [1.54, 1.807) is 23.0 Å². The lowest BCUT2D eigenvalue weighted by molar-refractivity contribution is -0.362. The second-order valence-electron chi connectivity index (χ2n) is 17.7. The van der Waals surface area contributed by atoms with Crippen LogP contribution in [0.1, 0.15) is 90.4 Å². The van der Waals surface area contributed by atoms with Gasteiger partial charge in [0.1, 0.15) is 90.7 Å². The van der Waals surface area contributed by atoms with Crippen LogP contribution in [-0.4, -0.2) is 209 Å². The highest BCUT2D eigenvalue weighted by molar-refractivity contribution is 14.1. The van der Waals surface area contributed by atoms with Crippen molar-refractivity contribution in [3.63, 3.8) is 0 Å². The number of hydrogen-bond acceptors (Lipinski definition) is 21. The summed E-state index contributed by atoms with van der Waals surface area (Å²) in [5.74, 6) is -0.542. The molecule has 0 aliphatic carbocycles. The number of carbonyl (C=O) groups excluding carboxylic acids is 1. The molecule has 9 N–H and O–H groups in total. The normalized spacial score (nSPS) is 35.9. The molecule has 0 spiro atoms. The van der Waals surface area contributed by atoms with Crippen LogP contribution in [0.3, 0.4) is 0 Å². The topological polar surface area (TPSA) is 301 Å². The Labute approximate surface area is 424 Å². The highest BCUT2D eigenvalue weighted by Gasteiger charge is 2.51. The Morgan fingerprint density at radius 2 is 1.27 bits per heavy atom. The van der Waals surface area contributed by atoms with E-state index in [1.807, 2.05) is 12.2 Å². The van der Waals surface area contributed by atoms with Gasteiger partial charge in [0.25, 0.3) is 0 Å². The van der Waals surface area contributed by atoms with Crippen LogP contribution in [0.2, 0.25) is 0 Å². The molecule has 0 saturated carbocycles. The number of ether oxygens (including phenoxy) is 10. The molecule has 1 unspecified atom stereocenters. The first-order chi connectivity index (χ1) is 33.9. The lowest BCUT2D eigenvalue weighted by Crippen LogP contribution is -2.64. The van der Waals surface area contributed by atoms with E-state index in [0.29, 0.717) is 12.8 Å². The van der Waals surface area contributed by atoms with E-state index >= 15 is 0 Å². The Bertz CT molecular complexity index is 1540. The molecule has 404 valence electrons. The number of aliphatic hydroxyl groups is 9. The summed E-state index contributed by atoms with van der Waals surface area (Å²) in [5.41, 5.74) is 0. The third kappa shape index (κ3) is 20.3. The van der Waals surface area contributed by atoms with Gasteiger partial charge in [0.15, 0.2) is 25.2 Å². The minimum atomic E-state index is -1.58. The van der Waals surface area contributed by atoms with Crippen LogP contribution in [-0.2, 0) is 55.2 Å². The lowest BCUT2D eigenvalue weighted by Gasteiger charge is -2.46. The molecule has 4 rings (SSSR count). The van der Waals surface area contributed by atoms with E-state index in [4.69, 9.17) is 50.4 Å². The number of halogens is 1. The monoisotopic (exact) mass is 1120 g/mol. The number of aliphatic hydroxyl groups excluding tert-OH is 9. The average molecular weight is 1120 g/mol. The number of hydrogen-bond donors (Lipinski definition) is 9. The molecule has 4 fully saturated rings. The average Bonchev–Trinajstić information content (AvgIpc) is 3.35. The molecule has 4 heterocycles. The van der Waals surface area contributed by atoms with Gasteiger partial charge in [0, 0.05) is 32.8 Å². The Hall–Kier alpha value is -1.60. The van der Waals surface area contributed by atoms with Gasteiger partial charge in [-0.3, -0.25) is 4.79 Å². The molecule has 18 atom stereocenters. The zero-order chi connectivity index (χ0) is 50.8. The van der Waals surface area contributed by atoms with Gasteiger partial charge >= 0.3 is 5.97 Å². The molecule has 0 aromatic rings. The molecule has 22 heteroatoms. The lowest BCUT2D eigenvalue weighted by atomic mass is 9.97. The summed E-state index contributed by atoms with van der Waals surface area (Å²) in [6, 6.07) is 0. The minimum Gasteiger partial charge on any atom is -0.463 e. The molecule has 0 aromatic heterocycles. The van der Waals surface area contributed by atoms with Crippen LogP contribution in [0.4, 0.5) is 0 Å². The van der Waals surface area contributed by atoms with Gasteiger partial charge in [-0.15, -0.1) is 0 Å². The fourth-order valence-corrected chi connectivity index (χ4v) is 8.62. The first-order valence-corrected chi connectivity index (χ1v) is 25.4. The summed E-state index contributed by atoms with van der Waals surface area (Å²) >= 11 is 1.63. The van der Waals surface area contributed by atoms with Crippen molar-refractivity contribution in [3.8, 4) is 0 Å². The van der Waals surface area contributed by atoms with Gasteiger partial charge in [0.2, 0.25) is 0 Å². The van der Waals surface area contributed by atoms with Crippen molar-refractivity contribution in [2.75, 3.05) is 46.8 Å². The van der Waals surface area contributed by atoms with Crippen molar-refractivity contribution in [3.05, 3.63) is 48.6 Å². The third-order valence-electron chi connectivity index (χ3n) is 12.3. The van der Waals surface area contributed by atoms with Crippen molar-refractivity contribution in [2.45, 2.75) is 201 Å². The fraction of sp³-hybridized carbons (Fsp3) is 0.812. The smallest absolute Gasteiger partial charge is 0.305 e. The van der Waals surface area contributed by atoms with E-state index in [9.17, 15) is 50.8 Å². The highest BCUT2D eigenvalue weighted by Crippen LogP contribution is 2.33. The van der Waals surface area contributed by atoms with Crippen LogP contribution in [0, 0.1) is 0 Å². The zero-order valence-corrected chi connectivity index (χ0v) is 42.4. The molecule has 4 aliphatic heterocycles. The van der Waals surface area contributed by atoms with E-state index < -0.39 is 143 Å². The molecular formula is C48H79IO21. The number of methoxy groups -OCH3 is 1. The minimum absolute atomic E-state index is 0.0551. The van der Waals surface area contributed by atoms with Gasteiger partial charge in [-0.25, -0.2) is 0 Å². The quantitative estimate of drug-likeness (QED) is 0.0205. The number of esters is 1. The molecular weight excluding hydrogens is 1040 g/mol. The second kappa shape index (κ2) is 34.1. The Morgan fingerprint density at radius 3 is 1.90 bits per heavy atom. The number of rotatable bonds is 31. The van der Waals surface area contributed by atoms with E-state index in [-0.39, 0.29) is 38.9 Å². The summed E-state index contributed by atoms with van der Waals surface area (Å²) in [5, 5.41) is 94.4. The first-order valence-electron chi connectivity index (χ1n) is 24.5. The standard InChI is InChI=1S/C48H79IO21/c1-3-4-5-6-7-8-9-10-11-12-13-14-15-16-17-18-19-20-38(55)61-27-31(28-62-39-23-34(43(58)35(25-51)67-39)66-40-22-33(54)41(56)37(68-40)29-63-49)65-48-46(60-2)45(44(59)36(26-52)69-48)70-47-42(57)32(53)21-30(24-50)64-47/h7-8,10-11,13-14,16-17,30-37,39-48,50-54,56-59H,3-6,9,12,15,18-29H2,1-2H3/b8-7-,11-10-,14-13-,17-16-/t30-,31?,32-,33+,34+,35+,36+,37+,39+,40+,41-,42+,43-,44+,45-,46+,47-,48+/m0/s1. The maximum Gasteiger partial charge on any atom is 0.305 e. The van der Waals surface area contributed by atoms with Crippen molar-refractivity contribution in [1.29, 1.82) is 0 Å². The SMILES string of the molecule is CCCCC/C=C\C/C=C\C/C=C\C/C=C\CCCC(=O)OCC(CO[C@H]1C[C@@H](O[C@H]2C[C@@H](O)[C@H](O)[C@@H](COI)O2)[C@H](O)[C@@H](CO)O1)O[C@@H]1O[C@H](CO)[C@@H](O)[C@H](O[C@@H]2O[C@H](CO)C[C@H](O)[C@H]2O)[C@H]1OC. The first kappa shape index (κ1) is 61.0. The zero-order valence-electron chi connectivity index (χ0n) is 40.2. The molecule has 4 aliphatic rings. The number of unbranched alkanes of at least 4 members (excludes halogenated alkanes) is 4. The maximum atomic E-state index is 13.1. The maximum absolute atomic E-state index is 13.1. The second-order valence-corrected chi connectivity index (χ2v) is 18.4. The Kier molecular flexibility index (Phi) is 29.7. The molecule has 70 heavy (non-hydrogen) atoms. The van der Waals surface area contributed by atoms with Gasteiger partial charge in [-0.1, -0.05) is 68.4 Å². The summed E-state index contributed by atoms with van der Waals surface area (Å²) in [6.45, 7) is -0.476. The van der Waals surface area contributed by atoms with Crippen LogP contribution in [0.25, 0.3) is 0 Å². The molecule has 0 aromatic carbocycles. The van der Waals surface area contributed by atoms with Crippen LogP contribution in [0.15, 0.2) is 48.6 Å². The summed E-state index contributed by atoms with van der Waals surface area (Å²) in [7, 11) is 1.27. The Balaban J connectivity index is 1.39. The summed E-state index contributed by atoms with van der Waals surface area (Å²) in [4.78, 5) is 13.1. The number of allylic oxidation sites excluding steroid dienone is 8. The van der Waals surface area contributed by atoms with Gasteiger partial charge < -0.3 is 96.4 Å². The van der Waals surface area contributed by atoms with Gasteiger partial charge in [-0.2, -0.15) is 0 Å². The largest absolute Gasteiger partial charge is 0.463 e. The predicted molar refractivity (Wildman–Crippen MR) is 256 cm³/mol. The van der Waals surface area contributed by atoms with Crippen molar-refractivity contribution in [1.82, 2.24) is 0 Å². The van der Waals surface area contributed by atoms with Crippen LogP contribution < -0.4 is 0 Å². The predicted octanol–water partition coefficient (Wildman–Crippen LogP) is 1.44. The van der Waals surface area contributed by atoms with E-state index in [2.05, 4.69) is 43.4 Å². The molecule has 0 amide bonds. The highest BCUT2D eigenvalue weighted by atomic mass is 127. The van der Waals surface area contributed by atoms with Crippen molar-refractivity contribution >= 4 is 29.0 Å². The summed E-state index contributed by atoms with van der Waals surface area (Å²) < 4.78 is 64.1. The van der Waals surface area contributed by atoms with Crippen molar-refractivity contribution < 1.29 is 101 Å². The van der Waals surface area contributed by atoms with Crippen LogP contribution >= 0.6 is 23.0 Å². The van der Waals surface area contributed by atoms with E-state index in [1.165, 1.54) is 26.4 Å². The number of carbonyl (C=O) groups is 1. The third-order valence-corrected chi connectivity index (χ3v) is 12.6. The van der Waals surface area contributed by atoms with Gasteiger partial charge in [-0.05, 0) is 44.9 Å². The molecule has 0 bridgehead atoms. The van der Waals surface area contributed by atoms with Crippen molar-refractivity contribution in [2.24, 2.45) is 0 Å². The fourth-order valence-electron chi connectivity index (χ4n) is 8.26. The van der Waals surface area contributed by atoms with Gasteiger partial charge in [0.05, 0.1) is 57.5 Å². The van der Waals surface area contributed by atoms with E-state index in [0.717, 1.165) is 25.7 Å². The molecule has 0 radical (unpaired) electrons.